The van der Waals surface area contributed by atoms with Crippen molar-refractivity contribution in [2.24, 2.45) is 5.73 Å². The summed E-state index contributed by atoms with van der Waals surface area (Å²) < 4.78 is 54.2. The number of carbonyl (C=O) groups is 1. The van der Waals surface area contributed by atoms with Gasteiger partial charge in [0.25, 0.3) is 5.91 Å². The molecule has 0 unspecified atom stereocenters. The van der Waals surface area contributed by atoms with Crippen molar-refractivity contribution in [3.05, 3.63) is 41.5 Å². The zero-order valence-corrected chi connectivity index (χ0v) is 14.3. The summed E-state index contributed by atoms with van der Waals surface area (Å²) in [5.74, 6) is -1.78. The largest absolute Gasteiger partial charge is 0.435 e. The van der Waals surface area contributed by atoms with E-state index in [0.717, 1.165) is 12.1 Å². The molecule has 0 atom stereocenters. The number of alkyl halides is 3. The van der Waals surface area contributed by atoms with E-state index >= 15 is 0 Å². The molecule has 2 rings (SSSR count). The molecule has 1 aromatic carbocycles. The first-order valence-electron chi connectivity index (χ1n) is 7.97. The SMILES string of the molecule is CCC(N)(CC)CNC(=O)c1nnn(-c2cccc(F)c2)c1C(F)(F)F. The van der Waals surface area contributed by atoms with Gasteiger partial charge in [-0.3, -0.25) is 4.79 Å². The highest BCUT2D eigenvalue weighted by molar-refractivity contribution is 5.93. The first-order chi connectivity index (χ1) is 12.1. The van der Waals surface area contributed by atoms with E-state index in [1.807, 2.05) is 13.8 Å². The summed E-state index contributed by atoms with van der Waals surface area (Å²) in [5.41, 5.74) is 2.84. The Morgan fingerprint density at radius 1 is 1.27 bits per heavy atom. The van der Waals surface area contributed by atoms with Crippen LogP contribution in [-0.4, -0.2) is 33.0 Å². The molecule has 1 aromatic heterocycles. The first kappa shape index (κ1) is 19.8. The van der Waals surface area contributed by atoms with Gasteiger partial charge in [-0.25, -0.2) is 9.07 Å². The summed E-state index contributed by atoms with van der Waals surface area (Å²) >= 11 is 0. The highest BCUT2D eigenvalue weighted by Gasteiger charge is 2.42. The van der Waals surface area contributed by atoms with Gasteiger partial charge in [0.1, 0.15) is 5.82 Å². The van der Waals surface area contributed by atoms with E-state index in [2.05, 4.69) is 15.6 Å². The fourth-order valence-electron chi connectivity index (χ4n) is 2.32. The molecular weight excluding hydrogens is 354 g/mol. The third-order valence-corrected chi connectivity index (χ3v) is 4.22. The van der Waals surface area contributed by atoms with E-state index in [9.17, 15) is 22.4 Å². The van der Waals surface area contributed by atoms with Crippen molar-refractivity contribution in [2.45, 2.75) is 38.4 Å². The van der Waals surface area contributed by atoms with Crippen LogP contribution in [0, 0.1) is 5.82 Å². The maximum absolute atomic E-state index is 13.5. The van der Waals surface area contributed by atoms with Crippen LogP contribution in [0.5, 0.6) is 0 Å². The number of rotatable bonds is 6. The molecule has 0 radical (unpaired) electrons. The minimum absolute atomic E-state index is 0.0110. The maximum atomic E-state index is 13.5. The topological polar surface area (TPSA) is 85.8 Å². The Labute approximate surface area is 147 Å². The molecule has 26 heavy (non-hydrogen) atoms. The van der Waals surface area contributed by atoms with Crippen molar-refractivity contribution in [1.29, 1.82) is 0 Å². The molecule has 0 aliphatic rings. The molecule has 0 fully saturated rings. The second-order valence-corrected chi connectivity index (χ2v) is 5.93. The lowest BCUT2D eigenvalue weighted by atomic mass is 9.94. The fraction of sp³-hybridized carbons (Fsp3) is 0.438. The van der Waals surface area contributed by atoms with Crippen molar-refractivity contribution in [1.82, 2.24) is 20.3 Å². The molecule has 0 aliphatic carbocycles. The highest BCUT2D eigenvalue weighted by atomic mass is 19.4. The summed E-state index contributed by atoms with van der Waals surface area (Å²) in [4.78, 5) is 12.2. The van der Waals surface area contributed by atoms with Crippen LogP contribution in [0.1, 0.15) is 42.9 Å². The van der Waals surface area contributed by atoms with E-state index in [0.29, 0.717) is 17.5 Å². The second-order valence-electron chi connectivity index (χ2n) is 5.93. The number of halogens is 4. The lowest BCUT2D eigenvalue weighted by molar-refractivity contribution is -0.143. The standard InChI is InChI=1S/C16H19F4N5O/c1-3-15(21,4-2)9-22-14(26)12-13(16(18,19)20)25(24-23-12)11-7-5-6-10(17)8-11/h5-8H,3-4,9,21H2,1-2H3,(H,22,26). The van der Waals surface area contributed by atoms with E-state index in [-0.39, 0.29) is 12.2 Å². The second kappa shape index (κ2) is 7.40. The van der Waals surface area contributed by atoms with Gasteiger partial charge in [0.15, 0.2) is 11.4 Å². The number of hydrogen-bond acceptors (Lipinski definition) is 4. The van der Waals surface area contributed by atoms with Crippen LogP contribution in [-0.2, 0) is 6.18 Å². The summed E-state index contributed by atoms with van der Waals surface area (Å²) in [6.45, 7) is 3.62. The Hall–Kier alpha value is -2.49. The van der Waals surface area contributed by atoms with Gasteiger partial charge in [-0.15, -0.1) is 5.10 Å². The molecule has 142 valence electrons. The van der Waals surface area contributed by atoms with E-state index < -0.39 is 34.8 Å². The summed E-state index contributed by atoms with van der Waals surface area (Å²) in [5, 5.41) is 9.12. The fourth-order valence-corrected chi connectivity index (χ4v) is 2.32. The highest BCUT2D eigenvalue weighted by Crippen LogP contribution is 2.32. The molecule has 6 nitrogen and oxygen atoms in total. The van der Waals surface area contributed by atoms with Crippen LogP contribution in [0.4, 0.5) is 17.6 Å². The molecular formula is C16H19F4N5O. The number of amides is 1. The number of nitrogens with zero attached hydrogens (tertiary/aromatic N) is 3. The third kappa shape index (κ3) is 4.18. The third-order valence-electron chi connectivity index (χ3n) is 4.22. The normalized spacial score (nSPS) is 12.3. The number of benzene rings is 1. The van der Waals surface area contributed by atoms with Gasteiger partial charge < -0.3 is 11.1 Å². The Balaban J connectivity index is 2.39. The molecule has 1 heterocycles. The lowest BCUT2D eigenvalue weighted by Gasteiger charge is -2.26. The lowest BCUT2D eigenvalue weighted by Crippen LogP contribution is -2.49. The number of aromatic nitrogens is 3. The molecule has 0 saturated heterocycles. The first-order valence-corrected chi connectivity index (χ1v) is 7.97. The van der Waals surface area contributed by atoms with Gasteiger partial charge in [-0.05, 0) is 31.0 Å². The van der Waals surface area contributed by atoms with Gasteiger partial charge in [0, 0.05) is 12.1 Å². The zero-order valence-electron chi connectivity index (χ0n) is 14.3. The maximum Gasteiger partial charge on any atom is 0.435 e. The van der Waals surface area contributed by atoms with Crippen LogP contribution in [0.25, 0.3) is 5.69 Å². The van der Waals surface area contributed by atoms with E-state index in [1.165, 1.54) is 12.1 Å². The molecule has 0 saturated carbocycles. The Bertz CT molecular complexity index is 783. The van der Waals surface area contributed by atoms with Crippen molar-refractivity contribution >= 4 is 5.91 Å². The van der Waals surface area contributed by atoms with Gasteiger partial charge in [-0.2, -0.15) is 13.2 Å². The van der Waals surface area contributed by atoms with Crippen LogP contribution < -0.4 is 11.1 Å². The Kier molecular flexibility index (Phi) is 5.65. The van der Waals surface area contributed by atoms with Crippen molar-refractivity contribution in [3.63, 3.8) is 0 Å². The van der Waals surface area contributed by atoms with Gasteiger partial charge in [0.05, 0.1) is 5.69 Å². The molecule has 3 N–H and O–H groups in total. The van der Waals surface area contributed by atoms with Crippen molar-refractivity contribution in [3.8, 4) is 5.69 Å². The Morgan fingerprint density at radius 3 is 2.46 bits per heavy atom. The molecule has 0 bridgehead atoms. The quantitative estimate of drug-likeness (QED) is 0.763. The molecule has 10 heteroatoms. The minimum Gasteiger partial charge on any atom is -0.349 e. The van der Waals surface area contributed by atoms with E-state index in [4.69, 9.17) is 5.73 Å². The Morgan fingerprint density at radius 2 is 1.92 bits per heavy atom. The van der Waals surface area contributed by atoms with Gasteiger partial charge >= 0.3 is 6.18 Å². The van der Waals surface area contributed by atoms with Gasteiger partial charge in [-0.1, -0.05) is 25.1 Å². The van der Waals surface area contributed by atoms with Crippen LogP contribution in [0.15, 0.2) is 24.3 Å². The van der Waals surface area contributed by atoms with Crippen molar-refractivity contribution < 1.29 is 22.4 Å². The smallest absolute Gasteiger partial charge is 0.349 e. The van der Waals surface area contributed by atoms with Crippen molar-refractivity contribution in [2.75, 3.05) is 6.54 Å². The summed E-state index contributed by atoms with van der Waals surface area (Å²) in [7, 11) is 0. The average Bonchev–Trinajstić information content (AvgIpc) is 3.05. The summed E-state index contributed by atoms with van der Waals surface area (Å²) in [6.07, 6.45) is -3.85. The number of nitrogens with two attached hydrogens (primary N) is 1. The molecule has 0 spiro atoms. The monoisotopic (exact) mass is 373 g/mol. The number of nitrogens with one attached hydrogen (secondary N) is 1. The van der Waals surface area contributed by atoms with Gasteiger partial charge in [0.2, 0.25) is 0 Å². The minimum atomic E-state index is -4.92. The van der Waals surface area contributed by atoms with Crippen LogP contribution in [0.3, 0.4) is 0 Å². The predicted octanol–water partition coefficient (Wildman–Crippen LogP) is 2.67. The number of carbonyl (C=O) groups excluding carboxylic acids is 1. The zero-order chi connectivity index (χ0) is 19.5. The predicted molar refractivity (Wildman–Crippen MR) is 86.2 cm³/mol. The molecule has 2 aromatic rings. The van der Waals surface area contributed by atoms with Crippen LogP contribution >= 0.6 is 0 Å². The molecule has 0 aliphatic heterocycles. The average molecular weight is 373 g/mol. The molecule has 1 amide bonds. The number of hydrogen-bond donors (Lipinski definition) is 2. The van der Waals surface area contributed by atoms with Crippen LogP contribution in [0.2, 0.25) is 0 Å². The summed E-state index contributed by atoms with van der Waals surface area (Å²) in [6, 6.07) is 4.41. The van der Waals surface area contributed by atoms with E-state index in [1.54, 1.807) is 0 Å².